The second-order valence-corrected chi connectivity index (χ2v) is 5.37. The molecule has 1 saturated heterocycles. The number of ketones is 1. The van der Waals surface area contributed by atoms with Gasteiger partial charge < -0.3 is 14.3 Å². The average molecular weight is 303 g/mol. The van der Waals surface area contributed by atoms with Gasteiger partial charge in [-0.15, -0.1) is 0 Å². The standard InChI is InChI=1S/C16H17NO5/c1-10(18)12-8-11-2-3-14(19)13(15(11)22-16(12)20)9-17-4-6-21-7-5-17/h2-3,8,19H,4-7,9H2,1H3. The Morgan fingerprint density at radius 3 is 2.73 bits per heavy atom. The van der Waals surface area contributed by atoms with E-state index in [0.29, 0.717) is 36.3 Å². The van der Waals surface area contributed by atoms with Crippen molar-refractivity contribution in [3.8, 4) is 5.75 Å². The van der Waals surface area contributed by atoms with Gasteiger partial charge in [-0.1, -0.05) is 0 Å². The minimum absolute atomic E-state index is 0.0236. The average Bonchev–Trinajstić information content (AvgIpc) is 2.51. The third kappa shape index (κ3) is 2.75. The summed E-state index contributed by atoms with van der Waals surface area (Å²) in [6.45, 7) is 4.59. The molecule has 6 nitrogen and oxygen atoms in total. The van der Waals surface area contributed by atoms with Crippen molar-refractivity contribution in [2.45, 2.75) is 13.5 Å². The molecule has 116 valence electrons. The van der Waals surface area contributed by atoms with Crippen molar-refractivity contribution in [1.29, 1.82) is 0 Å². The van der Waals surface area contributed by atoms with Gasteiger partial charge in [0.1, 0.15) is 16.9 Å². The van der Waals surface area contributed by atoms with Crippen LogP contribution in [-0.2, 0) is 11.3 Å². The van der Waals surface area contributed by atoms with E-state index < -0.39 is 5.63 Å². The number of ether oxygens (including phenoxy) is 1. The Balaban J connectivity index is 2.08. The number of morpholine rings is 1. The lowest BCUT2D eigenvalue weighted by molar-refractivity contribution is 0.0339. The third-order valence-electron chi connectivity index (χ3n) is 3.85. The molecule has 0 unspecified atom stereocenters. The maximum absolute atomic E-state index is 11.9. The molecule has 0 atom stereocenters. The molecule has 1 N–H and O–H groups in total. The summed E-state index contributed by atoms with van der Waals surface area (Å²) in [6.07, 6.45) is 0. The highest BCUT2D eigenvalue weighted by molar-refractivity contribution is 5.97. The number of aromatic hydroxyl groups is 1. The van der Waals surface area contributed by atoms with Crippen molar-refractivity contribution in [3.63, 3.8) is 0 Å². The lowest BCUT2D eigenvalue weighted by Crippen LogP contribution is -2.35. The lowest BCUT2D eigenvalue weighted by Gasteiger charge is -2.26. The normalized spacial score (nSPS) is 16.0. The molecule has 0 saturated carbocycles. The number of phenols is 1. The van der Waals surface area contributed by atoms with E-state index in [0.717, 1.165) is 13.1 Å². The second-order valence-electron chi connectivity index (χ2n) is 5.37. The van der Waals surface area contributed by atoms with Gasteiger partial charge in [0.2, 0.25) is 0 Å². The Morgan fingerprint density at radius 1 is 1.32 bits per heavy atom. The van der Waals surface area contributed by atoms with Crippen molar-refractivity contribution >= 4 is 16.8 Å². The van der Waals surface area contributed by atoms with Crippen LogP contribution in [0.25, 0.3) is 11.0 Å². The number of nitrogens with zero attached hydrogens (tertiary/aromatic N) is 1. The van der Waals surface area contributed by atoms with Crippen LogP contribution in [-0.4, -0.2) is 42.1 Å². The highest BCUT2D eigenvalue weighted by Gasteiger charge is 2.18. The minimum Gasteiger partial charge on any atom is -0.507 e. The predicted molar refractivity (Wildman–Crippen MR) is 80.2 cm³/mol. The number of carbonyl (C=O) groups excluding carboxylic acids is 1. The zero-order chi connectivity index (χ0) is 15.7. The molecule has 22 heavy (non-hydrogen) atoms. The summed E-state index contributed by atoms with van der Waals surface area (Å²) in [6, 6.07) is 4.72. The molecule has 1 fully saturated rings. The minimum atomic E-state index is -0.672. The predicted octanol–water partition coefficient (Wildman–Crippen LogP) is 1.53. The van der Waals surface area contributed by atoms with Gasteiger partial charge >= 0.3 is 5.63 Å². The summed E-state index contributed by atoms with van der Waals surface area (Å²) < 4.78 is 10.6. The number of hydrogen-bond donors (Lipinski definition) is 1. The number of rotatable bonds is 3. The van der Waals surface area contributed by atoms with Gasteiger partial charge in [-0.2, -0.15) is 0 Å². The molecule has 2 heterocycles. The monoisotopic (exact) mass is 303 g/mol. The van der Waals surface area contributed by atoms with Crippen LogP contribution in [0.15, 0.2) is 27.4 Å². The molecular formula is C16H17NO5. The van der Waals surface area contributed by atoms with Gasteiger partial charge in [-0.05, 0) is 25.1 Å². The molecule has 0 bridgehead atoms. The maximum atomic E-state index is 11.9. The van der Waals surface area contributed by atoms with E-state index >= 15 is 0 Å². The topological polar surface area (TPSA) is 80.0 Å². The fraction of sp³-hybridized carbons (Fsp3) is 0.375. The zero-order valence-electron chi connectivity index (χ0n) is 12.3. The number of carbonyl (C=O) groups is 1. The Bertz CT molecular complexity index is 774. The van der Waals surface area contributed by atoms with Gasteiger partial charge in [0.05, 0.1) is 18.8 Å². The van der Waals surface area contributed by atoms with Crippen molar-refractivity contribution < 1.29 is 19.1 Å². The number of hydrogen-bond acceptors (Lipinski definition) is 6. The largest absolute Gasteiger partial charge is 0.507 e. The van der Waals surface area contributed by atoms with E-state index in [1.54, 1.807) is 12.1 Å². The SMILES string of the molecule is CC(=O)c1cc2ccc(O)c(CN3CCOCC3)c2oc1=O. The summed E-state index contributed by atoms with van der Waals surface area (Å²) in [5, 5.41) is 10.8. The fourth-order valence-corrected chi connectivity index (χ4v) is 2.61. The van der Waals surface area contributed by atoms with E-state index in [1.165, 1.54) is 13.0 Å². The second kappa shape index (κ2) is 5.90. The third-order valence-corrected chi connectivity index (χ3v) is 3.85. The molecule has 6 heteroatoms. The Kier molecular flexibility index (Phi) is 3.96. The van der Waals surface area contributed by atoms with Crippen LogP contribution in [0.2, 0.25) is 0 Å². The molecule has 0 amide bonds. The van der Waals surface area contributed by atoms with Crippen LogP contribution < -0.4 is 5.63 Å². The van der Waals surface area contributed by atoms with E-state index in [-0.39, 0.29) is 17.1 Å². The first kappa shape index (κ1) is 14.7. The number of fused-ring (bicyclic) bond motifs is 1. The van der Waals surface area contributed by atoms with Gasteiger partial charge in [0, 0.05) is 25.0 Å². The summed E-state index contributed by atoms with van der Waals surface area (Å²) in [5.41, 5.74) is 0.248. The van der Waals surface area contributed by atoms with Gasteiger partial charge in [0.15, 0.2) is 5.78 Å². The molecule has 0 aliphatic carbocycles. The number of Topliss-reactive ketones (excluding diaryl/α,β-unsaturated/α-hetero) is 1. The summed E-state index contributed by atoms with van der Waals surface area (Å²) >= 11 is 0. The first-order valence-electron chi connectivity index (χ1n) is 7.16. The first-order valence-corrected chi connectivity index (χ1v) is 7.16. The van der Waals surface area contributed by atoms with Crippen molar-refractivity contribution in [1.82, 2.24) is 4.90 Å². The summed E-state index contributed by atoms with van der Waals surface area (Å²) in [7, 11) is 0. The fourth-order valence-electron chi connectivity index (χ4n) is 2.61. The Hall–Kier alpha value is -2.18. The van der Waals surface area contributed by atoms with E-state index in [2.05, 4.69) is 4.90 Å². The first-order chi connectivity index (χ1) is 10.6. The maximum Gasteiger partial charge on any atom is 0.347 e. The van der Waals surface area contributed by atoms with Gasteiger partial charge in [0.25, 0.3) is 0 Å². The zero-order valence-corrected chi connectivity index (χ0v) is 12.3. The van der Waals surface area contributed by atoms with Gasteiger partial charge in [-0.25, -0.2) is 4.79 Å². The molecule has 1 aromatic heterocycles. The Labute approximate surface area is 126 Å². The molecular weight excluding hydrogens is 286 g/mol. The number of benzene rings is 1. The van der Waals surface area contributed by atoms with E-state index in [4.69, 9.17) is 9.15 Å². The van der Waals surface area contributed by atoms with E-state index in [1.807, 2.05) is 0 Å². The highest BCUT2D eigenvalue weighted by Crippen LogP contribution is 2.28. The molecule has 1 aliphatic rings. The molecule has 3 rings (SSSR count). The smallest absolute Gasteiger partial charge is 0.347 e. The van der Waals surface area contributed by atoms with Crippen LogP contribution in [0.1, 0.15) is 22.8 Å². The summed E-state index contributed by atoms with van der Waals surface area (Å²) in [5.74, 6) is -0.254. The van der Waals surface area contributed by atoms with E-state index in [9.17, 15) is 14.7 Å². The quantitative estimate of drug-likeness (QED) is 0.684. The van der Waals surface area contributed by atoms with Crippen LogP contribution in [0.5, 0.6) is 5.75 Å². The number of phenolic OH excluding ortho intramolecular Hbond substituents is 1. The summed E-state index contributed by atoms with van der Waals surface area (Å²) in [4.78, 5) is 25.5. The van der Waals surface area contributed by atoms with Crippen molar-refractivity contribution in [3.05, 3.63) is 39.7 Å². The lowest BCUT2D eigenvalue weighted by atomic mass is 10.1. The van der Waals surface area contributed by atoms with Crippen molar-refractivity contribution in [2.24, 2.45) is 0 Å². The Morgan fingerprint density at radius 2 is 2.05 bits per heavy atom. The van der Waals surface area contributed by atoms with Crippen LogP contribution in [0, 0.1) is 0 Å². The molecule has 0 radical (unpaired) electrons. The highest BCUT2D eigenvalue weighted by atomic mass is 16.5. The van der Waals surface area contributed by atoms with Crippen LogP contribution >= 0.6 is 0 Å². The van der Waals surface area contributed by atoms with Crippen molar-refractivity contribution in [2.75, 3.05) is 26.3 Å². The van der Waals surface area contributed by atoms with Gasteiger partial charge in [-0.3, -0.25) is 9.69 Å². The van der Waals surface area contributed by atoms with Crippen LogP contribution in [0.4, 0.5) is 0 Å². The van der Waals surface area contributed by atoms with Crippen LogP contribution in [0.3, 0.4) is 0 Å². The molecule has 0 spiro atoms. The molecule has 1 aromatic carbocycles. The molecule has 1 aliphatic heterocycles. The molecule has 2 aromatic rings.